The Morgan fingerprint density at radius 3 is 2.09 bits per heavy atom. The highest BCUT2D eigenvalue weighted by molar-refractivity contribution is 7.59. The van der Waals surface area contributed by atoms with Gasteiger partial charge in [-0.05, 0) is 4.31 Å². The molecule has 0 saturated heterocycles. The standard InChI is InChI=1S/C2H6O5P2.C2H4/c1-2-9(5,6)7-8(3)4;1-2/h2H2,1H3,(H-,3,4,5,6);1-2H2/p+1. The lowest BCUT2D eigenvalue weighted by Gasteiger charge is -1.94. The molecule has 7 heteroatoms. The molecular formula is C4H11O5P2+. The molecule has 0 rings (SSSR count). The van der Waals surface area contributed by atoms with Crippen LogP contribution in [0.2, 0.25) is 0 Å². The van der Waals surface area contributed by atoms with Gasteiger partial charge >= 0.3 is 15.9 Å². The van der Waals surface area contributed by atoms with Crippen molar-refractivity contribution in [3.63, 3.8) is 0 Å². The second kappa shape index (κ2) is 6.65. The summed E-state index contributed by atoms with van der Waals surface area (Å²) in [6.07, 6.45) is -0.158. The van der Waals surface area contributed by atoms with E-state index in [4.69, 9.17) is 9.79 Å². The van der Waals surface area contributed by atoms with Crippen LogP contribution in [0, 0.1) is 0 Å². The molecule has 0 bridgehead atoms. The molecule has 0 aliphatic carbocycles. The van der Waals surface area contributed by atoms with Crippen molar-refractivity contribution in [3.8, 4) is 0 Å². The zero-order chi connectivity index (χ0) is 9.49. The van der Waals surface area contributed by atoms with Crippen LogP contribution in [-0.4, -0.2) is 15.9 Å². The van der Waals surface area contributed by atoms with Crippen LogP contribution in [0.4, 0.5) is 0 Å². The molecule has 0 aliphatic heterocycles. The van der Waals surface area contributed by atoms with Crippen molar-refractivity contribution in [3.05, 3.63) is 13.2 Å². The average molecular weight is 201 g/mol. The highest BCUT2D eigenvalue weighted by atomic mass is 31.2. The molecule has 0 fully saturated rings. The summed E-state index contributed by atoms with van der Waals surface area (Å²) in [6, 6.07) is 0. The molecule has 0 spiro atoms. The van der Waals surface area contributed by atoms with Crippen LogP contribution in [0.25, 0.3) is 0 Å². The third-order valence-corrected chi connectivity index (χ3v) is 2.98. The number of hydrogen-bond donors (Lipinski definition) is 2. The Morgan fingerprint density at radius 1 is 1.64 bits per heavy atom. The highest BCUT2D eigenvalue weighted by Gasteiger charge is 2.30. The minimum Gasteiger partial charge on any atom is -0.322 e. The molecule has 66 valence electrons. The van der Waals surface area contributed by atoms with E-state index in [0.29, 0.717) is 0 Å². The monoisotopic (exact) mass is 201 g/mol. The molecule has 0 aromatic rings. The maximum atomic E-state index is 10.4. The summed E-state index contributed by atoms with van der Waals surface area (Å²) in [6.45, 7) is 7.39. The lowest BCUT2D eigenvalue weighted by atomic mass is 11.0. The average Bonchev–Trinajstić information content (AvgIpc) is 1.90. The van der Waals surface area contributed by atoms with Gasteiger partial charge in [-0.15, -0.1) is 18.1 Å². The summed E-state index contributed by atoms with van der Waals surface area (Å²) in [5, 5.41) is 0. The van der Waals surface area contributed by atoms with Gasteiger partial charge in [-0.2, -0.15) is 0 Å². The third-order valence-electron chi connectivity index (χ3n) is 0.597. The van der Waals surface area contributed by atoms with Gasteiger partial charge in [0.1, 0.15) is 0 Å². The summed E-state index contributed by atoms with van der Waals surface area (Å²) >= 11 is 0. The Balaban J connectivity index is 0. The van der Waals surface area contributed by atoms with E-state index >= 15 is 0 Å². The first-order chi connectivity index (χ1) is 4.98. The molecule has 2 N–H and O–H groups in total. The predicted octanol–water partition coefficient (Wildman–Crippen LogP) is 1.66. The third kappa shape index (κ3) is 9.95. The van der Waals surface area contributed by atoms with Crippen LogP contribution >= 0.6 is 15.9 Å². The largest absolute Gasteiger partial charge is 0.703 e. The molecule has 0 amide bonds. The molecule has 0 radical (unpaired) electrons. The zero-order valence-electron chi connectivity index (χ0n) is 6.13. The number of rotatable bonds is 3. The summed E-state index contributed by atoms with van der Waals surface area (Å²) in [7, 11) is -6.72. The smallest absolute Gasteiger partial charge is 0.322 e. The van der Waals surface area contributed by atoms with Crippen molar-refractivity contribution in [1.82, 2.24) is 0 Å². The first kappa shape index (κ1) is 13.5. The van der Waals surface area contributed by atoms with Crippen LogP contribution < -0.4 is 0 Å². The summed E-state index contributed by atoms with van der Waals surface area (Å²) < 4.78 is 23.9. The predicted molar refractivity (Wildman–Crippen MR) is 42.5 cm³/mol. The van der Waals surface area contributed by atoms with E-state index in [0.717, 1.165) is 0 Å². The van der Waals surface area contributed by atoms with E-state index in [1.165, 1.54) is 6.92 Å². The second-order valence-corrected chi connectivity index (χ2v) is 4.31. The highest BCUT2D eigenvalue weighted by Crippen LogP contribution is 2.48. The molecule has 0 heterocycles. The fourth-order valence-corrected chi connectivity index (χ4v) is 1.50. The number of hydrogen-bond acceptors (Lipinski definition) is 3. The van der Waals surface area contributed by atoms with E-state index < -0.39 is 15.9 Å². The van der Waals surface area contributed by atoms with Crippen LogP contribution in [0.3, 0.4) is 0 Å². The van der Waals surface area contributed by atoms with Gasteiger partial charge in [0.15, 0.2) is 0 Å². The van der Waals surface area contributed by atoms with Crippen molar-refractivity contribution in [2.45, 2.75) is 6.92 Å². The summed E-state index contributed by atoms with van der Waals surface area (Å²) in [5.41, 5.74) is 0. The van der Waals surface area contributed by atoms with Gasteiger partial charge in [0.2, 0.25) is 0 Å². The Kier molecular flexibility index (Phi) is 8.18. The van der Waals surface area contributed by atoms with Crippen LogP contribution in [0.15, 0.2) is 13.2 Å². The lowest BCUT2D eigenvalue weighted by Crippen LogP contribution is -1.82. The van der Waals surface area contributed by atoms with E-state index in [9.17, 15) is 9.13 Å². The molecule has 0 aromatic heterocycles. The van der Waals surface area contributed by atoms with Gasteiger partial charge < -0.3 is 4.89 Å². The molecule has 11 heavy (non-hydrogen) atoms. The molecule has 2 atom stereocenters. The van der Waals surface area contributed by atoms with Crippen molar-refractivity contribution < 1.29 is 23.2 Å². The minimum absolute atomic E-state index is 0.158. The second-order valence-electron chi connectivity index (χ2n) is 1.27. The summed E-state index contributed by atoms with van der Waals surface area (Å²) in [5.74, 6) is 0. The molecular weight excluding hydrogens is 190 g/mol. The van der Waals surface area contributed by atoms with Crippen molar-refractivity contribution in [2.75, 3.05) is 6.16 Å². The molecule has 0 saturated carbocycles. The van der Waals surface area contributed by atoms with Gasteiger partial charge in [0, 0.05) is 4.57 Å². The van der Waals surface area contributed by atoms with Crippen molar-refractivity contribution in [1.29, 1.82) is 0 Å². The van der Waals surface area contributed by atoms with E-state index in [1.807, 2.05) is 0 Å². The summed E-state index contributed by atoms with van der Waals surface area (Å²) in [4.78, 5) is 16.5. The fraction of sp³-hybridized carbons (Fsp3) is 0.500. The minimum atomic E-state index is -3.76. The van der Waals surface area contributed by atoms with Gasteiger partial charge in [-0.3, -0.25) is 4.57 Å². The Morgan fingerprint density at radius 2 is 2.00 bits per heavy atom. The lowest BCUT2D eigenvalue weighted by molar-refractivity contribution is 0.351. The van der Waals surface area contributed by atoms with Crippen LogP contribution in [0.1, 0.15) is 6.92 Å². The van der Waals surface area contributed by atoms with Gasteiger partial charge in [-0.25, -0.2) is 0 Å². The normalized spacial score (nSPS) is 15.7. The van der Waals surface area contributed by atoms with Crippen LogP contribution in [0.5, 0.6) is 0 Å². The van der Waals surface area contributed by atoms with Gasteiger partial charge in [0.25, 0.3) is 0 Å². The molecule has 2 unspecified atom stereocenters. The topological polar surface area (TPSA) is 83.8 Å². The Hall–Kier alpha value is -0.0500. The van der Waals surface area contributed by atoms with Gasteiger partial charge in [0.05, 0.1) is 6.16 Å². The maximum Gasteiger partial charge on any atom is 0.703 e. The van der Waals surface area contributed by atoms with Crippen LogP contribution in [-0.2, 0) is 13.4 Å². The SMILES string of the molecule is C=C.CCP(=O)(O)O[P+](=O)O. The zero-order valence-corrected chi connectivity index (χ0v) is 7.92. The molecule has 5 nitrogen and oxygen atoms in total. The Labute approximate surface area is 66.2 Å². The van der Waals surface area contributed by atoms with Gasteiger partial charge in [-0.1, -0.05) is 6.92 Å². The van der Waals surface area contributed by atoms with Crippen molar-refractivity contribution in [2.24, 2.45) is 0 Å². The first-order valence-corrected chi connectivity index (χ1v) is 5.55. The molecule has 0 aromatic carbocycles. The van der Waals surface area contributed by atoms with E-state index in [1.54, 1.807) is 0 Å². The van der Waals surface area contributed by atoms with Crippen molar-refractivity contribution >= 4 is 15.9 Å². The van der Waals surface area contributed by atoms with E-state index in [2.05, 4.69) is 17.5 Å². The molecule has 0 aliphatic rings. The Bertz CT molecular complexity index is 168. The quantitative estimate of drug-likeness (QED) is 0.535. The van der Waals surface area contributed by atoms with E-state index in [-0.39, 0.29) is 6.16 Å². The maximum absolute atomic E-state index is 10.4. The fourth-order valence-electron chi connectivity index (χ4n) is 0.167. The first-order valence-electron chi connectivity index (χ1n) is 2.65.